The average molecular weight is 405 g/mol. The molecule has 0 spiro atoms. The van der Waals surface area contributed by atoms with Gasteiger partial charge in [-0.2, -0.15) is 0 Å². The molecule has 2 heterocycles. The minimum absolute atomic E-state index is 0.0280. The summed E-state index contributed by atoms with van der Waals surface area (Å²) in [4.78, 5) is 28.7. The van der Waals surface area contributed by atoms with E-state index in [2.05, 4.69) is 32.5 Å². The number of carbonyl (C=O) groups excluding carboxylic acids is 1. The molecule has 1 saturated heterocycles. The van der Waals surface area contributed by atoms with Gasteiger partial charge in [0.15, 0.2) is 0 Å². The van der Waals surface area contributed by atoms with Gasteiger partial charge in [-0.1, -0.05) is 38.1 Å². The number of hydrogen-bond donors (Lipinski definition) is 2. The Morgan fingerprint density at radius 2 is 1.97 bits per heavy atom. The van der Waals surface area contributed by atoms with Gasteiger partial charge in [-0.05, 0) is 66.4 Å². The van der Waals surface area contributed by atoms with Crippen LogP contribution in [0.1, 0.15) is 43.7 Å². The lowest BCUT2D eigenvalue weighted by Gasteiger charge is -2.32. The molecule has 0 atom stereocenters. The fourth-order valence-electron chi connectivity index (χ4n) is 4.23. The first kappa shape index (κ1) is 20.3. The van der Waals surface area contributed by atoms with Gasteiger partial charge in [-0.25, -0.2) is 0 Å². The Balaban J connectivity index is 1.39. The van der Waals surface area contributed by atoms with E-state index >= 15 is 0 Å². The molecule has 0 saturated carbocycles. The fraction of sp³-hybridized carbons (Fsp3) is 0.375. The molecule has 1 aliphatic rings. The standard InChI is InChI=1S/C24H28N4O2/c1-16(2)24(29)26-20-6-3-5-18(13-20)17-9-11-28(12-10-17)15-19-14-25-23-21(19)7-4-8-22(23)27-30/h3-8,13-14,16-17,25H,9-12,15H2,1-2H3,(H,26,29). The second-order valence-corrected chi connectivity index (χ2v) is 8.42. The first-order valence-electron chi connectivity index (χ1n) is 10.6. The van der Waals surface area contributed by atoms with Gasteiger partial charge in [-0.15, -0.1) is 4.91 Å². The number of carbonyl (C=O) groups is 1. The summed E-state index contributed by atoms with van der Waals surface area (Å²) in [6.07, 6.45) is 4.17. The second-order valence-electron chi connectivity index (χ2n) is 8.42. The third-order valence-corrected chi connectivity index (χ3v) is 6.01. The largest absolute Gasteiger partial charge is 0.359 e. The maximum absolute atomic E-state index is 12.0. The Morgan fingerprint density at radius 1 is 1.20 bits per heavy atom. The molecule has 6 nitrogen and oxygen atoms in total. The van der Waals surface area contributed by atoms with Gasteiger partial charge in [0, 0.05) is 29.7 Å². The van der Waals surface area contributed by atoms with Crippen molar-refractivity contribution in [1.29, 1.82) is 0 Å². The van der Waals surface area contributed by atoms with E-state index < -0.39 is 0 Å². The van der Waals surface area contributed by atoms with E-state index in [1.807, 2.05) is 44.3 Å². The van der Waals surface area contributed by atoms with E-state index in [1.54, 1.807) is 6.07 Å². The SMILES string of the molecule is CC(C)C(=O)Nc1cccc(C2CCN(Cc3c[nH]c4c(N=O)cccc34)CC2)c1. The molecule has 1 aliphatic heterocycles. The monoisotopic (exact) mass is 404 g/mol. The number of rotatable bonds is 6. The number of piperidine rings is 1. The highest BCUT2D eigenvalue weighted by Crippen LogP contribution is 2.32. The first-order valence-corrected chi connectivity index (χ1v) is 10.6. The van der Waals surface area contributed by atoms with Crippen molar-refractivity contribution in [3.05, 3.63) is 64.7 Å². The molecule has 0 bridgehead atoms. The van der Waals surface area contributed by atoms with Crippen LogP contribution in [0, 0.1) is 10.8 Å². The number of nitrogens with zero attached hydrogens (tertiary/aromatic N) is 2. The molecule has 3 aromatic rings. The van der Waals surface area contributed by atoms with Crippen LogP contribution in [0.2, 0.25) is 0 Å². The van der Waals surface area contributed by atoms with Gasteiger partial charge in [0.05, 0.1) is 5.52 Å². The summed E-state index contributed by atoms with van der Waals surface area (Å²) in [5.74, 6) is 0.527. The highest BCUT2D eigenvalue weighted by atomic mass is 16.3. The van der Waals surface area contributed by atoms with Crippen LogP contribution < -0.4 is 5.32 Å². The van der Waals surface area contributed by atoms with Crippen LogP contribution in [0.3, 0.4) is 0 Å². The van der Waals surface area contributed by atoms with Gasteiger partial charge < -0.3 is 10.3 Å². The Morgan fingerprint density at radius 3 is 2.70 bits per heavy atom. The molecule has 4 rings (SSSR count). The van der Waals surface area contributed by atoms with Crippen molar-refractivity contribution in [3.63, 3.8) is 0 Å². The van der Waals surface area contributed by atoms with Crippen molar-refractivity contribution in [2.75, 3.05) is 18.4 Å². The number of benzene rings is 2. The number of nitrogens with one attached hydrogen (secondary N) is 2. The molecule has 30 heavy (non-hydrogen) atoms. The van der Waals surface area contributed by atoms with Gasteiger partial charge in [0.1, 0.15) is 5.69 Å². The fourth-order valence-corrected chi connectivity index (χ4v) is 4.23. The normalized spacial score (nSPS) is 15.6. The van der Waals surface area contributed by atoms with Crippen LogP contribution in [0.25, 0.3) is 10.9 Å². The smallest absolute Gasteiger partial charge is 0.226 e. The third kappa shape index (κ3) is 4.28. The van der Waals surface area contributed by atoms with Crippen molar-refractivity contribution < 1.29 is 4.79 Å². The van der Waals surface area contributed by atoms with E-state index in [0.29, 0.717) is 11.6 Å². The van der Waals surface area contributed by atoms with Gasteiger partial charge in [0.25, 0.3) is 0 Å². The summed E-state index contributed by atoms with van der Waals surface area (Å²) < 4.78 is 0. The van der Waals surface area contributed by atoms with E-state index in [1.165, 1.54) is 11.1 Å². The zero-order valence-electron chi connectivity index (χ0n) is 17.5. The van der Waals surface area contributed by atoms with Crippen LogP contribution in [0.5, 0.6) is 0 Å². The molecule has 1 amide bonds. The van der Waals surface area contributed by atoms with Crippen molar-refractivity contribution in [3.8, 4) is 0 Å². The van der Waals surface area contributed by atoms with E-state index in [4.69, 9.17) is 0 Å². The van der Waals surface area contributed by atoms with Crippen LogP contribution in [-0.2, 0) is 11.3 Å². The zero-order valence-corrected chi connectivity index (χ0v) is 17.5. The van der Waals surface area contributed by atoms with Crippen molar-refractivity contribution >= 4 is 28.2 Å². The number of amides is 1. The third-order valence-electron chi connectivity index (χ3n) is 6.01. The highest BCUT2D eigenvalue weighted by molar-refractivity contribution is 5.92. The molecule has 6 heteroatoms. The number of H-pyrrole nitrogens is 1. The molecule has 156 valence electrons. The minimum atomic E-state index is -0.0280. The highest BCUT2D eigenvalue weighted by Gasteiger charge is 2.22. The first-order chi connectivity index (χ1) is 14.5. The summed E-state index contributed by atoms with van der Waals surface area (Å²) in [7, 11) is 0. The maximum Gasteiger partial charge on any atom is 0.226 e. The van der Waals surface area contributed by atoms with Crippen LogP contribution in [0.4, 0.5) is 11.4 Å². The van der Waals surface area contributed by atoms with Crippen molar-refractivity contribution in [2.45, 2.75) is 39.2 Å². The quantitative estimate of drug-likeness (QED) is 0.530. The number of aromatic amines is 1. The van der Waals surface area contributed by atoms with Crippen molar-refractivity contribution in [2.24, 2.45) is 11.1 Å². The predicted molar refractivity (Wildman–Crippen MR) is 121 cm³/mol. The lowest BCUT2D eigenvalue weighted by Crippen LogP contribution is -2.32. The summed E-state index contributed by atoms with van der Waals surface area (Å²) in [5, 5.41) is 7.19. The molecule has 0 radical (unpaired) electrons. The molecular formula is C24H28N4O2. The van der Waals surface area contributed by atoms with Crippen LogP contribution in [0.15, 0.2) is 53.8 Å². The maximum atomic E-state index is 12.0. The summed E-state index contributed by atoms with van der Waals surface area (Å²) in [5.41, 5.74) is 4.66. The molecule has 1 aromatic heterocycles. The number of anilines is 1. The minimum Gasteiger partial charge on any atom is -0.359 e. The number of hydrogen-bond acceptors (Lipinski definition) is 4. The lowest BCUT2D eigenvalue weighted by atomic mass is 9.89. The molecular weight excluding hydrogens is 376 g/mol. The second kappa shape index (κ2) is 8.79. The van der Waals surface area contributed by atoms with Crippen LogP contribution in [-0.4, -0.2) is 28.9 Å². The van der Waals surface area contributed by atoms with Gasteiger partial charge in [0.2, 0.25) is 5.91 Å². The van der Waals surface area contributed by atoms with E-state index in [0.717, 1.165) is 49.1 Å². The summed E-state index contributed by atoms with van der Waals surface area (Å²) in [6.45, 7) is 6.70. The summed E-state index contributed by atoms with van der Waals surface area (Å²) in [6, 6.07) is 13.9. The molecule has 1 fully saturated rings. The van der Waals surface area contributed by atoms with E-state index in [9.17, 15) is 9.70 Å². The van der Waals surface area contributed by atoms with E-state index in [-0.39, 0.29) is 11.8 Å². The van der Waals surface area contributed by atoms with Gasteiger partial charge >= 0.3 is 0 Å². The Bertz CT molecular complexity index is 1050. The average Bonchev–Trinajstić information content (AvgIpc) is 3.17. The number of likely N-dealkylation sites (tertiary alicyclic amines) is 1. The number of aromatic nitrogens is 1. The van der Waals surface area contributed by atoms with Gasteiger partial charge in [-0.3, -0.25) is 9.69 Å². The lowest BCUT2D eigenvalue weighted by molar-refractivity contribution is -0.118. The molecule has 2 aromatic carbocycles. The number of nitroso groups, excluding NO2 is 1. The number of fused-ring (bicyclic) bond motifs is 1. The molecule has 0 unspecified atom stereocenters. The number of para-hydroxylation sites is 1. The molecule has 0 aliphatic carbocycles. The Kier molecular flexibility index (Phi) is 5.95. The zero-order chi connectivity index (χ0) is 21.1. The summed E-state index contributed by atoms with van der Waals surface area (Å²) >= 11 is 0. The Hall–Kier alpha value is -2.99. The predicted octanol–water partition coefficient (Wildman–Crippen LogP) is 5.54. The topological polar surface area (TPSA) is 77.6 Å². The van der Waals surface area contributed by atoms with Crippen molar-refractivity contribution in [1.82, 2.24) is 9.88 Å². The molecule has 2 N–H and O–H groups in total. The van der Waals surface area contributed by atoms with Crippen LogP contribution >= 0.6 is 0 Å². The Labute approximate surface area is 176 Å².